The molecule has 0 heterocycles. The second-order valence-electron chi connectivity index (χ2n) is 4.98. The molecule has 1 rings (SSSR count). The molecule has 0 spiro atoms. The molecule has 1 aliphatic rings. The maximum absolute atomic E-state index is 10.4. The van der Waals surface area contributed by atoms with Crippen molar-refractivity contribution in [2.75, 3.05) is 13.7 Å². The fourth-order valence-corrected chi connectivity index (χ4v) is 2.30. The third-order valence-corrected chi connectivity index (χ3v) is 3.44. The number of methoxy groups -OCH3 is 1. The van der Waals surface area contributed by atoms with E-state index in [1.54, 1.807) is 7.11 Å². The minimum atomic E-state index is -0.513. The zero-order valence-corrected chi connectivity index (χ0v) is 10.3. The number of aliphatic hydroxyl groups is 1. The standard InChI is InChI=1S/C13H26O2/c1-3-4-5-6-7-10-13(14,11-15-2)12-8-9-12/h12,14H,3-11H2,1-2H3. The molecule has 1 N–H and O–H groups in total. The number of hydrogen-bond donors (Lipinski definition) is 1. The fourth-order valence-electron chi connectivity index (χ4n) is 2.30. The van der Waals surface area contributed by atoms with Crippen molar-refractivity contribution in [3.63, 3.8) is 0 Å². The average Bonchev–Trinajstić information content (AvgIpc) is 3.01. The van der Waals surface area contributed by atoms with Gasteiger partial charge in [0.2, 0.25) is 0 Å². The van der Waals surface area contributed by atoms with Gasteiger partial charge in [0.05, 0.1) is 12.2 Å². The molecule has 1 fully saturated rings. The summed E-state index contributed by atoms with van der Waals surface area (Å²) in [6, 6.07) is 0. The van der Waals surface area contributed by atoms with Gasteiger partial charge < -0.3 is 9.84 Å². The Morgan fingerprint density at radius 2 is 1.87 bits per heavy atom. The number of rotatable bonds is 9. The van der Waals surface area contributed by atoms with Crippen LogP contribution in [-0.2, 0) is 4.74 Å². The Balaban J connectivity index is 2.14. The van der Waals surface area contributed by atoms with Crippen molar-refractivity contribution in [1.29, 1.82) is 0 Å². The molecule has 1 saturated carbocycles. The molecule has 0 radical (unpaired) electrons. The van der Waals surface area contributed by atoms with Crippen molar-refractivity contribution in [2.24, 2.45) is 5.92 Å². The van der Waals surface area contributed by atoms with Gasteiger partial charge in [-0.15, -0.1) is 0 Å². The van der Waals surface area contributed by atoms with Crippen molar-refractivity contribution < 1.29 is 9.84 Å². The Morgan fingerprint density at radius 1 is 1.20 bits per heavy atom. The van der Waals surface area contributed by atoms with Gasteiger partial charge in [0.15, 0.2) is 0 Å². The molecular weight excluding hydrogens is 188 g/mol. The normalized spacial score (nSPS) is 20.2. The second kappa shape index (κ2) is 6.49. The monoisotopic (exact) mass is 214 g/mol. The highest BCUT2D eigenvalue weighted by Crippen LogP contribution is 2.42. The average molecular weight is 214 g/mol. The van der Waals surface area contributed by atoms with Crippen LogP contribution in [0.3, 0.4) is 0 Å². The van der Waals surface area contributed by atoms with Gasteiger partial charge in [-0.2, -0.15) is 0 Å². The Kier molecular flexibility index (Phi) is 5.62. The van der Waals surface area contributed by atoms with E-state index in [9.17, 15) is 5.11 Å². The van der Waals surface area contributed by atoms with Crippen LogP contribution in [0.15, 0.2) is 0 Å². The van der Waals surface area contributed by atoms with Crippen LogP contribution in [-0.4, -0.2) is 24.4 Å². The SMILES string of the molecule is CCCCCCCC(O)(COC)C1CC1. The summed E-state index contributed by atoms with van der Waals surface area (Å²) >= 11 is 0. The van der Waals surface area contributed by atoms with E-state index in [0.717, 1.165) is 12.8 Å². The Hall–Kier alpha value is -0.0800. The summed E-state index contributed by atoms with van der Waals surface area (Å²) in [4.78, 5) is 0. The van der Waals surface area contributed by atoms with Crippen molar-refractivity contribution in [3.8, 4) is 0 Å². The Morgan fingerprint density at radius 3 is 2.40 bits per heavy atom. The molecule has 90 valence electrons. The van der Waals surface area contributed by atoms with Crippen molar-refractivity contribution in [2.45, 2.75) is 63.9 Å². The Labute approximate surface area is 94.0 Å². The summed E-state index contributed by atoms with van der Waals surface area (Å²) in [5.41, 5.74) is -0.513. The van der Waals surface area contributed by atoms with E-state index in [1.807, 2.05) is 0 Å². The van der Waals surface area contributed by atoms with E-state index in [4.69, 9.17) is 4.74 Å². The topological polar surface area (TPSA) is 29.5 Å². The summed E-state index contributed by atoms with van der Waals surface area (Å²) in [7, 11) is 1.68. The van der Waals surface area contributed by atoms with Crippen molar-refractivity contribution in [1.82, 2.24) is 0 Å². The first-order chi connectivity index (χ1) is 7.23. The van der Waals surface area contributed by atoms with Crippen LogP contribution in [0, 0.1) is 5.92 Å². The molecule has 1 atom stereocenters. The predicted molar refractivity (Wildman–Crippen MR) is 62.9 cm³/mol. The molecule has 0 saturated heterocycles. The Bertz CT molecular complexity index is 166. The van der Waals surface area contributed by atoms with Gasteiger partial charge in [0, 0.05) is 7.11 Å². The van der Waals surface area contributed by atoms with Crippen LogP contribution in [0.2, 0.25) is 0 Å². The predicted octanol–water partition coefficient (Wildman–Crippen LogP) is 3.13. The van der Waals surface area contributed by atoms with E-state index < -0.39 is 5.60 Å². The van der Waals surface area contributed by atoms with Crippen molar-refractivity contribution >= 4 is 0 Å². The van der Waals surface area contributed by atoms with Gasteiger partial charge in [-0.25, -0.2) is 0 Å². The molecule has 0 bridgehead atoms. The highest BCUT2D eigenvalue weighted by molar-refractivity contribution is 4.94. The quantitative estimate of drug-likeness (QED) is 0.597. The highest BCUT2D eigenvalue weighted by atomic mass is 16.5. The van der Waals surface area contributed by atoms with Crippen LogP contribution in [0.25, 0.3) is 0 Å². The molecular formula is C13H26O2. The lowest BCUT2D eigenvalue weighted by atomic mass is 9.91. The number of ether oxygens (including phenoxy) is 1. The zero-order chi connectivity index (χ0) is 11.1. The zero-order valence-electron chi connectivity index (χ0n) is 10.3. The molecule has 1 aliphatic carbocycles. The summed E-state index contributed by atoms with van der Waals surface area (Å²) in [6.07, 6.45) is 9.63. The largest absolute Gasteiger partial charge is 0.387 e. The second-order valence-corrected chi connectivity index (χ2v) is 4.98. The van der Waals surface area contributed by atoms with Gasteiger partial charge in [0.1, 0.15) is 0 Å². The van der Waals surface area contributed by atoms with E-state index in [0.29, 0.717) is 12.5 Å². The lowest BCUT2D eigenvalue weighted by molar-refractivity contribution is -0.0553. The van der Waals surface area contributed by atoms with Gasteiger partial charge >= 0.3 is 0 Å². The van der Waals surface area contributed by atoms with Gasteiger partial charge in [-0.05, 0) is 25.2 Å². The van der Waals surface area contributed by atoms with Crippen LogP contribution < -0.4 is 0 Å². The summed E-state index contributed by atoms with van der Waals surface area (Å²) < 4.78 is 5.14. The number of unbranched alkanes of at least 4 members (excludes halogenated alkanes) is 4. The van der Waals surface area contributed by atoms with Crippen LogP contribution >= 0.6 is 0 Å². The van der Waals surface area contributed by atoms with E-state index >= 15 is 0 Å². The summed E-state index contributed by atoms with van der Waals surface area (Å²) in [5.74, 6) is 0.517. The molecule has 2 nitrogen and oxygen atoms in total. The van der Waals surface area contributed by atoms with Crippen LogP contribution in [0.5, 0.6) is 0 Å². The molecule has 0 aromatic heterocycles. The smallest absolute Gasteiger partial charge is 0.0907 e. The lowest BCUT2D eigenvalue weighted by Crippen LogP contribution is -2.36. The maximum atomic E-state index is 10.4. The molecule has 0 aromatic carbocycles. The van der Waals surface area contributed by atoms with Crippen LogP contribution in [0.4, 0.5) is 0 Å². The first-order valence-corrected chi connectivity index (χ1v) is 6.44. The molecule has 15 heavy (non-hydrogen) atoms. The third kappa shape index (κ3) is 4.52. The molecule has 0 aliphatic heterocycles. The van der Waals surface area contributed by atoms with E-state index in [2.05, 4.69) is 6.92 Å². The summed E-state index contributed by atoms with van der Waals surface area (Å²) in [6.45, 7) is 2.75. The highest BCUT2D eigenvalue weighted by Gasteiger charge is 2.43. The third-order valence-electron chi connectivity index (χ3n) is 3.44. The molecule has 1 unspecified atom stereocenters. The summed E-state index contributed by atoms with van der Waals surface area (Å²) in [5, 5.41) is 10.4. The first kappa shape index (κ1) is 13.0. The first-order valence-electron chi connectivity index (χ1n) is 6.44. The van der Waals surface area contributed by atoms with Gasteiger partial charge in [0.25, 0.3) is 0 Å². The fraction of sp³-hybridized carbons (Fsp3) is 1.00. The van der Waals surface area contributed by atoms with E-state index in [1.165, 1.54) is 38.5 Å². The lowest BCUT2D eigenvalue weighted by Gasteiger charge is -2.27. The van der Waals surface area contributed by atoms with E-state index in [-0.39, 0.29) is 0 Å². The minimum Gasteiger partial charge on any atom is -0.387 e. The van der Waals surface area contributed by atoms with Gasteiger partial charge in [-0.1, -0.05) is 39.0 Å². The maximum Gasteiger partial charge on any atom is 0.0907 e. The van der Waals surface area contributed by atoms with Crippen molar-refractivity contribution in [3.05, 3.63) is 0 Å². The minimum absolute atomic E-state index is 0.513. The van der Waals surface area contributed by atoms with Crippen LogP contribution in [0.1, 0.15) is 58.3 Å². The number of hydrogen-bond acceptors (Lipinski definition) is 2. The van der Waals surface area contributed by atoms with Gasteiger partial charge in [-0.3, -0.25) is 0 Å². The molecule has 0 aromatic rings. The molecule has 0 amide bonds. The molecule has 2 heteroatoms.